The Morgan fingerprint density at radius 3 is 2.57 bits per heavy atom. The van der Waals surface area contributed by atoms with Gasteiger partial charge in [0.25, 0.3) is 5.91 Å². The van der Waals surface area contributed by atoms with Crippen LogP contribution >= 0.6 is 11.6 Å². The van der Waals surface area contributed by atoms with Crippen LogP contribution in [-0.4, -0.2) is 20.5 Å². The molecule has 0 aliphatic carbocycles. The Bertz CT molecular complexity index is 871. The van der Waals surface area contributed by atoms with Crippen molar-refractivity contribution in [2.24, 2.45) is 0 Å². The third-order valence-electron chi connectivity index (χ3n) is 3.18. The van der Waals surface area contributed by atoms with Gasteiger partial charge >= 0.3 is 0 Å². The fourth-order valence-electron chi connectivity index (χ4n) is 2.12. The molecule has 0 spiro atoms. The Hall–Kier alpha value is -2.16. The van der Waals surface area contributed by atoms with Crippen molar-refractivity contribution in [3.05, 3.63) is 53.3 Å². The van der Waals surface area contributed by atoms with E-state index in [1.807, 2.05) is 0 Å². The molecule has 0 aromatic heterocycles. The number of sulfonamides is 1. The minimum atomic E-state index is -3.91. The van der Waals surface area contributed by atoms with Crippen LogP contribution in [0.2, 0.25) is 5.02 Å². The average molecular weight is 356 g/mol. The molecule has 0 radical (unpaired) electrons. The second kappa shape index (κ2) is 5.80. The van der Waals surface area contributed by atoms with Gasteiger partial charge in [0.05, 0.1) is 5.69 Å². The van der Waals surface area contributed by atoms with E-state index in [0.29, 0.717) is 10.7 Å². The molecule has 3 N–H and O–H groups in total. The first-order chi connectivity index (χ1) is 10.8. The number of nitrogens with one attached hydrogen (secondary N) is 3. The first kappa shape index (κ1) is 15.7. The van der Waals surface area contributed by atoms with Crippen molar-refractivity contribution < 1.29 is 17.6 Å². The summed E-state index contributed by atoms with van der Waals surface area (Å²) in [6, 6.07) is 9.51. The first-order valence-electron chi connectivity index (χ1n) is 6.50. The van der Waals surface area contributed by atoms with E-state index in [4.69, 9.17) is 11.6 Å². The summed E-state index contributed by atoms with van der Waals surface area (Å²) in [7, 11) is -3.91. The summed E-state index contributed by atoms with van der Waals surface area (Å²) in [6.45, 7) is 0. The lowest BCUT2D eigenvalue weighted by Crippen LogP contribution is -2.51. The molecule has 1 aliphatic heterocycles. The van der Waals surface area contributed by atoms with Gasteiger partial charge in [0.2, 0.25) is 10.0 Å². The second-order valence-corrected chi connectivity index (χ2v) is 6.95. The molecule has 0 saturated heterocycles. The zero-order valence-corrected chi connectivity index (χ0v) is 13.1. The maximum Gasteiger partial charge on any atom is 0.262 e. The molecule has 1 unspecified atom stereocenters. The first-order valence-corrected chi connectivity index (χ1v) is 8.36. The van der Waals surface area contributed by atoms with E-state index in [1.54, 1.807) is 24.3 Å². The molecule has 1 heterocycles. The molecule has 0 fully saturated rings. The molecule has 3 rings (SSSR count). The standard InChI is InChI=1S/C14H11ClFN3O3S/c15-8-1-4-10(5-2-8)17-14(20)13-18-11-7-9(16)3-6-12(11)23(21,22)19-13/h1-7,13,18-19H,(H,17,20). The van der Waals surface area contributed by atoms with Crippen LogP contribution < -0.4 is 15.4 Å². The lowest BCUT2D eigenvalue weighted by atomic mass is 10.2. The monoisotopic (exact) mass is 355 g/mol. The fraction of sp³-hybridized carbons (Fsp3) is 0.0714. The van der Waals surface area contributed by atoms with Crippen molar-refractivity contribution in [1.82, 2.24) is 4.72 Å². The van der Waals surface area contributed by atoms with Crippen molar-refractivity contribution in [3.8, 4) is 0 Å². The topological polar surface area (TPSA) is 87.3 Å². The lowest BCUT2D eigenvalue weighted by Gasteiger charge is -2.27. The van der Waals surface area contributed by atoms with Gasteiger partial charge in [-0.25, -0.2) is 12.8 Å². The third kappa shape index (κ3) is 3.29. The average Bonchev–Trinajstić information content (AvgIpc) is 2.48. The summed E-state index contributed by atoms with van der Waals surface area (Å²) in [5, 5.41) is 5.70. The number of benzene rings is 2. The van der Waals surface area contributed by atoms with Gasteiger partial charge in [-0.05, 0) is 42.5 Å². The number of carbonyl (C=O) groups is 1. The van der Waals surface area contributed by atoms with Gasteiger partial charge in [-0.3, -0.25) is 4.79 Å². The van der Waals surface area contributed by atoms with E-state index < -0.39 is 27.9 Å². The highest BCUT2D eigenvalue weighted by atomic mass is 35.5. The van der Waals surface area contributed by atoms with Gasteiger partial charge in [0, 0.05) is 10.7 Å². The summed E-state index contributed by atoms with van der Waals surface area (Å²) in [6.07, 6.45) is -1.26. The Labute approximate surface area is 136 Å². The molecule has 6 nitrogen and oxygen atoms in total. The highest BCUT2D eigenvalue weighted by Crippen LogP contribution is 2.27. The van der Waals surface area contributed by atoms with E-state index in [2.05, 4.69) is 15.4 Å². The Morgan fingerprint density at radius 1 is 1.17 bits per heavy atom. The minimum absolute atomic E-state index is 0.0278. The maximum absolute atomic E-state index is 13.3. The molecule has 120 valence electrons. The van der Waals surface area contributed by atoms with Gasteiger partial charge in [-0.2, -0.15) is 4.72 Å². The van der Waals surface area contributed by atoms with Crippen LogP contribution in [-0.2, 0) is 14.8 Å². The van der Waals surface area contributed by atoms with Crippen LogP contribution in [0.25, 0.3) is 0 Å². The van der Waals surface area contributed by atoms with E-state index >= 15 is 0 Å². The maximum atomic E-state index is 13.3. The molecule has 1 atom stereocenters. The summed E-state index contributed by atoms with van der Waals surface area (Å²) >= 11 is 5.75. The van der Waals surface area contributed by atoms with Crippen molar-refractivity contribution >= 4 is 38.9 Å². The van der Waals surface area contributed by atoms with Gasteiger partial charge < -0.3 is 10.6 Å². The highest BCUT2D eigenvalue weighted by molar-refractivity contribution is 7.89. The van der Waals surface area contributed by atoms with Crippen LogP contribution in [0.3, 0.4) is 0 Å². The van der Waals surface area contributed by atoms with Crippen LogP contribution in [0.1, 0.15) is 0 Å². The Morgan fingerprint density at radius 2 is 1.87 bits per heavy atom. The Kier molecular flexibility index (Phi) is 3.97. The van der Waals surface area contributed by atoms with E-state index in [-0.39, 0.29) is 10.6 Å². The van der Waals surface area contributed by atoms with Crippen molar-refractivity contribution in [2.75, 3.05) is 10.6 Å². The second-order valence-electron chi connectivity index (χ2n) is 4.84. The summed E-state index contributed by atoms with van der Waals surface area (Å²) in [5.74, 6) is -1.24. The predicted octanol–water partition coefficient (Wildman–Crippen LogP) is 2.15. The van der Waals surface area contributed by atoms with Crippen molar-refractivity contribution in [2.45, 2.75) is 11.1 Å². The molecule has 9 heteroatoms. The van der Waals surface area contributed by atoms with Crippen molar-refractivity contribution in [1.29, 1.82) is 0 Å². The molecule has 1 aliphatic rings. The highest BCUT2D eigenvalue weighted by Gasteiger charge is 2.33. The number of halogens is 2. The number of amides is 1. The molecule has 0 bridgehead atoms. The van der Waals surface area contributed by atoms with Gasteiger partial charge in [-0.15, -0.1) is 0 Å². The largest absolute Gasteiger partial charge is 0.360 e. The smallest absolute Gasteiger partial charge is 0.262 e. The minimum Gasteiger partial charge on any atom is -0.360 e. The zero-order valence-electron chi connectivity index (χ0n) is 11.5. The van der Waals surface area contributed by atoms with E-state index in [0.717, 1.165) is 18.2 Å². The number of fused-ring (bicyclic) bond motifs is 1. The van der Waals surface area contributed by atoms with Crippen molar-refractivity contribution in [3.63, 3.8) is 0 Å². The molecule has 23 heavy (non-hydrogen) atoms. The van der Waals surface area contributed by atoms with Crippen LogP contribution in [0, 0.1) is 5.82 Å². The zero-order chi connectivity index (χ0) is 16.6. The van der Waals surface area contributed by atoms with Crippen LogP contribution in [0.5, 0.6) is 0 Å². The van der Waals surface area contributed by atoms with E-state index in [1.165, 1.54) is 0 Å². The number of hydrogen-bond acceptors (Lipinski definition) is 4. The van der Waals surface area contributed by atoms with Gasteiger partial charge in [0.15, 0.2) is 6.17 Å². The normalized spacial score (nSPS) is 18.6. The number of carbonyl (C=O) groups excluding carboxylic acids is 1. The summed E-state index contributed by atoms with van der Waals surface area (Å²) in [4.78, 5) is 12.1. The number of rotatable bonds is 2. The third-order valence-corrected chi connectivity index (χ3v) is 4.91. The molecular weight excluding hydrogens is 345 g/mol. The van der Waals surface area contributed by atoms with Crippen LogP contribution in [0.15, 0.2) is 47.4 Å². The van der Waals surface area contributed by atoms with Gasteiger partial charge in [0.1, 0.15) is 10.7 Å². The van der Waals surface area contributed by atoms with E-state index in [9.17, 15) is 17.6 Å². The summed E-state index contributed by atoms with van der Waals surface area (Å²) in [5.41, 5.74) is 0.477. The molecular formula is C14H11ClFN3O3S. The quantitative estimate of drug-likeness (QED) is 0.770. The van der Waals surface area contributed by atoms with Gasteiger partial charge in [-0.1, -0.05) is 11.6 Å². The molecule has 2 aromatic carbocycles. The molecule has 2 aromatic rings. The number of hydrogen-bond donors (Lipinski definition) is 3. The Balaban J connectivity index is 1.84. The lowest BCUT2D eigenvalue weighted by molar-refractivity contribution is -0.117. The SMILES string of the molecule is O=C(Nc1ccc(Cl)cc1)C1Nc2cc(F)ccc2S(=O)(=O)N1. The number of anilines is 2. The van der Waals surface area contributed by atoms with Crippen LogP contribution in [0.4, 0.5) is 15.8 Å². The summed E-state index contributed by atoms with van der Waals surface area (Å²) < 4.78 is 39.7. The molecule has 1 amide bonds. The predicted molar refractivity (Wildman–Crippen MR) is 84.2 cm³/mol. The fourth-order valence-corrected chi connectivity index (χ4v) is 3.50. The molecule has 0 saturated carbocycles.